The number of ether oxygens (including phenoxy) is 2. The second kappa shape index (κ2) is 10.6. The summed E-state index contributed by atoms with van der Waals surface area (Å²) in [5, 5.41) is 5.40. The molecule has 0 bridgehead atoms. The predicted molar refractivity (Wildman–Crippen MR) is 99.6 cm³/mol. The summed E-state index contributed by atoms with van der Waals surface area (Å²) in [6.45, 7) is 2.16. The van der Waals surface area contributed by atoms with Gasteiger partial charge in [-0.2, -0.15) is 0 Å². The van der Waals surface area contributed by atoms with Gasteiger partial charge in [-0.1, -0.05) is 24.3 Å². The van der Waals surface area contributed by atoms with Crippen LogP contribution in [0, 0.1) is 0 Å². The van der Waals surface area contributed by atoms with E-state index in [-0.39, 0.29) is 31.4 Å². The summed E-state index contributed by atoms with van der Waals surface area (Å²) >= 11 is 0. The lowest BCUT2D eigenvalue weighted by atomic mass is 10.2. The quantitative estimate of drug-likeness (QED) is 0.400. The van der Waals surface area contributed by atoms with E-state index in [2.05, 4.69) is 10.6 Å². The molecular weight excluding hydrogens is 348 g/mol. The molecule has 2 aromatic carbocycles. The molecule has 0 aromatic heterocycles. The highest BCUT2D eigenvalue weighted by Gasteiger charge is 2.08. The van der Waals surface area contributed by atoms with Crippen LogP contribution < -0.4 is 20.1 Å². The number of nitrogens with one attached hydrogen (secondary N) is 2. The standard InChI is InChI=1S/C20H22N2O5/c1-15(23)27-18-9-5-6-16(14-18)20(25)22-12-11-21-19(24)10-13-26-17-7-3-2-4-8-17/h2-9,14H,10-13H2,1H3,(H,21,24)(H,22,25). The minimum absolute atomic E-state index is 0.156. The lowest BCUT2D eigenvalue weighted by molar-refractivity contribution is -0.131. The highest BCUT2D eigenvalue weighted by Crippen LogP contribution is 2.13. The lowest BCUT2D eigenvalue weighted by Crippen LogP contribution is -2.35. The van der Waals surface area contributed by atoms with Gasteiger partial charge in [-0.25, -0.2) is 0 Å². The van der Waals surface area contributed by atoms with Crippen molar-refractivity contribution < 1.29 is 23.9 Å². The van der Waals surface area contributed by atoms with Crippen LogP contribution in [0.25, 0.3) is 0 Å². The van der Waals surface area contributed by atoms with Crippen molar-refractivity contribution in [2.75, 3.05) is 19.7 Å². The highest BCUT2D eigenvalue weighted by molar-refractivity contribution is 5.94. The fraction of sp³-hybridized carbons (Fsp3) is 0.250. The molecule has 0 radical (unpaired) electrons. The number of para-hydroxylation sites is 1. The van der Waals surface area contributed by atoms with E-state index in [0.717, 1.165) is 0 Å². The molecule has 2 amide bonds. The summed E-state index contributed by atoms with van der Waals surface area (Å²) in [7, 11) is 0. The van der Waals surface area contributed by atoms with Gasteiger partial charge in [0, 0.05) is 25.6 Å². The van der Waals surface area contributed by atoms with Crippen LogP contribution in [0.3, 0.4) is 0 Å². The van der Waals surface area contributed by atoms with Crippen LogP contribution in [0.4, 0.5) is 0 Å². The summed E-state index contributed by atoms with van der Waals surface area (Å²) in [5.41, 5.74) is 0.372. The van der Waals surface area contributed by atoms with E-state index in [1.54, 1.807) is 18.2 Å². The molecule has 0 atom stereocenters. The summed E-state index contributed by atoms with van der Waals surface area (Å²) in [6.07, 6.45) is 0.229. The zero-order valence-corrected chi connectivity index (χ0v) is 15.1. The fourth-order valence-corrected chi connectivity index (χ4v) is 2.21. The van der Waals surface area contributed by atoms with Crippen molar-refractivity contribution in [1.29, 1.82) is 0 Å². The summed E-state index contributed by atoms with van der Waals surface area (Å²) in [5.74, 6) is 0.102. The van der Waals surface area contributed by atoms with E-state index in [9.17, 15) is 14.4 Å². The Morgan fingerprint density at radius 2 is 1.59 bits per heavy atom. The zero-order chi connectivity index (χ0) is 19.5. The molecule has 0 fully saturated rings. The van der Waals surface area contributed by atoms with Crippen LogP contribution in [0.15, 0.2) is 54.6 Å². The number of rotatable bonds is 9. The number of benzene rings is 2. The van der Waals surface area contributed by atoms with E-state index >= 15 is 0 Å². The number of hydrogen-bond acceptors (Lipinski definition) is 5. The maximum atomic E-state index is 12.1. The first-order valence-corrected chi connectivity index (χ1v) is 8.56. The monoisotopic (exact) mass is 370 g/mol. The highest BCUT2D eigenvalue weighted by atomic mass is 16.5. The van der Waals surface area contributed by atoms with E-state index in [0.29, 0.717) is 23.6 Å². The molecule has 2 rings (SSSR count). The van der Waals surface area contributed by atoms with Gasteiger partial charge in [0.2, 0.25) is 5.91 Å². The van der Waals surface area contributed by atoms with Gasteiger partial charge >= 0.3 is 5.97 Å². The first-order valence-electron chi connectivity index (χ1n) is 8.56. The van der Waals surface area contributed by atoms with E-state index < -0.39 is 5.97 Å². The molecule has 2 N–H and O–H groups in total. The van der Waals surface area contributed by atoms with Crippen molar-refractivity contribution in [2.45, 2.75) is 13.3 Å². The Bertz CT molecular complexity index is 777. The second-order valence-corrected chi connectivity index (χ2v) is 5.64. The molecule has 142 valence electrons. The Morgan fingerprint density at radius 3 is 2.33 bits per heavy atom. The third-order valence-electron chi connectivity index (χ3n) is 3.43. The van der Waals surface area contributed by atoms with Gasteiger partial charge in [-0.3, -0.25) is 14.4 Å². The molecule has 0 aliphatic carbocycles. The zero-order valence-electron chi connectivity index (χ0n) is 15.1. The molecule has 0 aliphatic rings. The van der Waals surface area contributed by atoms with Crippen LogP contribution in [-0.4, -0.2) is 37.5 Å². The number of carbonyl (C=O) groups excluding carboxylic acids is 3. The molecule has 7 heteroatoms. The first kappa shape index (κ1) is 20.0. The molecule has 27 heavy (non-hydrogen) atoms. The number of carbonyl (C=O) groups is 3. The fourth-order valence-electron chi connectivity index (χ4n) is 2.21. The largest absolute Gasteiger partial charge is 0.493 e. The third kappa shape index (κ3) is 7.60. The Kier molecular flexibility index (Phi) is 7.84. The van der Waals surface area contributed by atoms with Crippen molar-refractivity contribution >= 4 is 17.8 Å². The normalized spacial score (nSPS) is 9.96. The summed E-state index contributed by atoms with van der Waals surface area (Å²) < 4.78 is 10.4. The van der Waals surface area contributed by atoms with Crippen molar-refractivity contribution in [3.05, 3.63) is 60.2 Å². The van der Waals surface area contributed by atoms with Gasteiger partial charge in [0.1, 0.15) is 11.5 Å². The van der Waals surface area contributed by atoms with Crippen LogP contribution in [0.1, 0.15) is 23.7 Å². The number of esters is 1. The van der Waals surface area contributed by atoms with Crippen LogP contribution in [0.5, 0.6) is 11.5 Å². The topological polar surface area (TPSA) is 93.7 Å². The second-order valence-electron chi connectivity index (χ2n) is 5.64. The lowest BCUT2D eigenvalue weighted by Gasteiger charge is -2.09. The molecule has 0 unspecified atom stereocenters. The average Bonchev–Trinajstić information content (AvgIpc) is 2.65. The van der Waals surface area contributed by atoms with E-state index in [4.69, 9.17) is 9.47 Å². The van der Waals surface area contributed by atoms with E-state index in [1.807, 2.05) is 30.3 Å². The summed E-state index contributed by atoms with van der Waals surface area (Å²) in [6, 6.07) is 15.6. The Labute approximate surface area is 157 Å². The van der Waals surface area contributed by atoms with Gasteiger partial charge in [-0.15, -0.1) is 0 Å². The number of amides is 2. The smallest absolute Gasteiger partial charge is 0.308 e. The van der Waals surface area contributed by atoms with Crippen molar-refractivity contribution in [3.8, 4) is 11.5 Å². The number of hydrogen-bond donors (Lipinski definition) is 2. The molecular formula is C20H22N2O5. The maximum Gasteiger partial charge on any atom is 0.308 e. The van der Waals surface area contributed by atoms with Gasteiger partial charge < -0.3 is 20.1 Å². The first-order chi connectivity index (χ1) is 13.0. The van der Waals surface area contributed by atoms with Crippen LogP contribution in [-0.2, 0) is 9.59 Å². The molecule has 2 aromatic rings. The summed E-state index contributed by atoms with van der Waals surface area (Å²) in [4.78, 5) is 34.8. The van der Waals surface area contributed by atoms with E-state index in [1.165, 1.54) is 13.0 Å². The molecule has 0 saturated heterocycles. The predicted octanol–water partition coefficient (Wildman–Crippen LogP) is 1.93. The van der Waals surface area contributed by atoms with Crippen molar-refractivity contribution in [3.63, 3.8) is 0 Å². The average molecular weight is 370 g/mol. The van der Waals surface area contributed by atoms with Crippen LogP contribution in [0.2, 0.25) is 0 Å². The van der Waals surface area contributed by atoms with Gasteiger partial charge in [0.05, 0.1) is 13.0 Å². The Balaban J connectivity index is 1.63. The molecule has 0 heterocycles. The minimum atomic E-state index is -0.452. The van der Waals surface area contributed by atoms with Gasteiger partial charge in [0.25, 0.3) is 5.91 Å². The Hall–Kier alpha value is -3.35. The Morgan fingerprint density at radius 1 is 0.889 bits per heavy atom. The molecule has 0 saturated carbocycles. The molecule has 7 nitrogen and oxygen atoms in total. The van der Waals surface area contributed by atoms with Gasteiger partial charge in [-0.05, 0) is 30.3 Å². The van der Waals surface area contributed by atoms with Gasteiger partial charge in [0.15, 0.2) is 0 Å². The van der Waals surface area contributed by atoms with Crippen molar-refractivity contribution in [2.24, 2.45) is 0 Å². The van der Waals surface area contributed by atoms with Crippen LogP contribution >= 0.6 is 0 Å². The van der Waals surface area contributed by atoms with Crippen molar-refractivity contribution in [1.82, 2.24) is 10.6 Å². The molecule has 0 spiro atoms. The third-order valence-corrected chi connectivity index (χ3v) is 3.43. The SMILES string of the molecule is CC(=O)Oc1cccc(C(=O)NCCNC(=O)CCOc2ccccc2)c1. The minimum Gasteiger partial charge on any atom is -0.493 e. The maximum absolute atomic E-state index is 12.1. The molecule has 0 aliphatic heterocycles.